The van der Waals surface area contributed by atoms with E-state index in [0.717, 1.165) is 0 Å². The van der Waals surface area contributed by atoms with Gasteiger partial charge in [-0.05, 0) is 12.1 Å². The zero-order chi connectivity index (χ0) is 15.2. The van der Waals surface area contributed by atoms with Crippen LogP contribution in [0.15, 0.2) is 29.2 Å². The number of amides is 1. The monoisotopic (exact) mass is 298 g/mol. The van der Waals surface area contributed by atoms with E-state index in [-0.39, 0.29) is 16.6 Å². The molecule has 0 fully saturated rings. The summed E-state index contributed by atoms with van der Waals surface area (Å²) in [4.78, 5) is 12.0. The number of hydrogen-bond acceptors (Lipinski definition) is 4. The molecule has 6 heteroatoms. The molecule has 1 amide bonds. The standard InChI is InChI=1S/C14H22N2O3S/c1-4-20(18,19)13-8-6-5-7-12(13)16-14(17)9-10-15-11(2)3/h5-8,11,15H,4,9-10H2,1-3H3,(H,16,17). The van der Waals surface area contributed by atoms with Crippen LogP contribution in [0.25, 0.3) is 0 Å². The summed E-state index contributed by atoms with van der Waals surface area (Å²) < 4.78 is 23.9. The highest BCUT2D eigenvalue weighted by Crippen LogP contribution is 2.22. The third kappa shape index (κ3) is 4.94. The second-order valence-electron chi connectivity index (χ2n) is 4.81. The first-order valence-corrected chi connectivity index (χ1v) is 8.37. The van der Waals surface area contributed by atoms with Gasteiger partial charge in [-0.2, -0.15) is 0 Å². The Bertz CT molecular complexity index is 553. The Morgan fingerprint density at radius 3 is 2.50 bits per heavy atom. The van der Waals surface area contributed by atoms with E-state index < -0.39 is 9.84 Å². The number of carbonyl (C=O) groups is 1. The van der Waals surface area contributed by atoms with Crippen molar-refractivity contribution in [2.75, 3.05) is 17.6 Å². The van der Waals surface area contributed by atoms with E-state index in [0.29, 0.717) is 24.7 Å². The Labute approximate surface area is 120 Å². The molecule has 2 N–H and O–H groups in total. The van der Waals surface area contributed by atoms with Crippen LogP contribution in [0, 0.1) is 0 Å². The van der Waals surface area contributed by atoms with Gasteiger partial charge in [0, 0.05) is 19.0 Å². The molecule has 112 valence electrons. The number of rotatable bonds is 7. The summed E-state index contributed by atoms with van der Waals surface area (Å²) in [5, 5.41) is 5.81. The van der Waals surface area contributed by atoms with Gasteiger partial charge in [-0.3, -0.25) is 4.79 Å². The first-order valence-electron chi connectivity index (χ1n) is 6.72. The SMILES string of the molecule is CCS(=O)(=O)c1ccccc1NC(=O)CCNC(C)C. The van der Waals surface area contributed by atoms with Crippen molar-refractivity contribution in [1.29, 1.82) is 0 Å². The molecule has 0 aliphatic rings. The number of benzene rings is 1. The van der Waals surface area contributed by atoms with Crippen LogP contribution in [-0.2, 0) is 14.6 Å². The molecule has 0 saturated heterocycles. The highest BCUT2D eigenvalue weighted by molar-refractivity contribution is 7.91. The van der Waals surface area contributed by atoms with E-state index >= 15 is 0 Å². The first-order chi connectivity index (χ1) is 9.36. The largest absolute Gasteiger partial charge is 0.325 e. The number of hydrogen-bond donors (Lipinski definition) is 2. The Balaban J connectivity index is 2.76. The molecule has 0 atom stereocenters. The molecule has 5 nitrogen and oxygen atoms in total. The molecule has 1 rings (SSSR count). The van der Waals surface area contributed by atoms with Crippen LogP contribution in [0.1, 0.15) is 27.2 Å². The number of nitrogens with one attached hydrogen (secondary N) is 2. The molecule has 0 aromatic heterocycles. The molecular weight excluding hydrogens is 276 g/mol. The van der Waals surface area contributed by atoms with Gasteiger partial charge in [-0.15, -0.1) is 0 Å². The fourth-order valence-electron chi connectivity index (χ4n) is 1.68. The van der Waals surface area contributed by atoms with Crippen molar-refractivity contribution >= 4 is 21.4 Å². The smallest absolute Gasteiger partial charge is 0.225 e. The molecule has 0 spiro atoms. The maximum Gasteiger partial charge on any atom is 0.225 e. The Kier molecular flexibility index (Phi) is 6.16. The van der Waals surface area contributed by atoms with E-state index in [1.165, 1.54) is 6.07 Å². The van der Waals surface area contributed by atoms with Gasteiger partial charge in [-0.1, -0.05) is 32.9 Å². The van der Waals surface area contributed by atoms with E-state index in [2.05, 4.69) is 10.6 Å². The molecule has 0 heterocycles. The summed E-state index contributed by atoms with van der Waals surface area (Å²) in [6.45, 7) is 6.15. The van der Waals surface area contributed by atoms with Gasteiger partial charge in [0.25, 0.3) is 0 Å². The van der Waals surface area contributed by atoms with Crippen LogP contribution in [0.2, 0.25) is 0 Å². The summed E-state index contributed by atoms with van der Waals surface area (Å²) >= 11 is 0. The van der Waals surface area contributed by atoms with Gasteiger partial charge in [-0.25, -0.2) is 8.42 Å². The Morgan fingerprint density at radius 1 is 1.25 bits per heavy atom. The van der Waals surface area contributed by atoms with Crippen molar-refractivity contribution in [2.24, 2.45) is 0 Å². The van der Waals surface area contributed by atoms with Crippen LogP contribution in [0.4, 0.5) is 5.69 Å². The minimum Gasteiger partial charge on any atom is -0.325 e. The average Bonchev–Trinajstić information content (AvgIpc) is 2.38. The molecule has 1 aromatic rings. The second kappa shape index (κ2) is 7.40. The van der Waals surface area contributed by atoms with Crippen molar-refractivity contribution in [1.82, 2.24) is 5.32 Å². The average molecular weight is 298 g/mol. The molecule has 0 radical (unpaired) electrons. The number of sulfone groups is 1. The minimum atomic E-state index is -3.34. The van der Waals surface area contributed by atoms with Crippen LogP contribution in [0.5, 0.6) is 0 Å². The van der Waals surface area contributed by atoms with Gasteiger partial charge >= 0.3 is 0 Å². The highest BCUT2D eigenvalue weighted by Gasteiger charge is 2.17. The minimum absolute atomic E-state index is 0.00872. The Hall–Kier alpha value is -1.40. The lowest BCUT2D eigenvalue weighted by Gasteiger charge is -2.11. The molecule has 20 heavy (non-hydrogen) atoms. The summed E-state index contributed by atoms with van der Waals surface area (Å²) in [5.41, 5.74) is 0.351. The zero-order valence-electron chi connectivity index (χ0n) is 12.1. The van der Waals surface area contributed by atoms with E-state index in [4.69, 9.17) is 0 Å². The highest BCUT2D eigenvalue weighted by atomic mass is 32.2. The predicted molar refractivity (Wildman–Crippen MR) is 80.6 cm³/mol. The van der Waals surface area contributed by atoms with Crippen molar-refractivity contribution in [2.45, 2.75) is 38.1 Å². The third-order valence-corrected chi connectivity index (χ3v) is 4.57. The molecular formula is C14H22N2O3S. The normalized spacial score (nSPS) is 11.6. The maximum atomic E-state index is 11.9. The van der Waals surface area contributed by atoms with E-state index in [1.54, 1.807) is 25.1 Å². The third-order valence-electron chi connectivity index (χ3n) is 2.78. The lowest BCUT2D eigenvalue weighted by Crippen LogP contribution is -2.27. The van der Waals surface area contributed by atoms with Crippen LogP contribution >= 0.6 is 0 Å². The van der Waals surface area contributed by atoms with Crippen LogP contribution < -0.4 is 10.6 Å². The predicted octanol–water partition coefficient (Wildman–Crippen LogP) is 1.81. The van der Waals surface area contributed by atoms with E-state index in [1.807, 2.05) is 13.8 Å². The van der Waals surface area contributed by atoms with Gasteiger partial charge in [0.05, 0.1) is 16.3 Å². The molecule has 0 unspecified atom stereocenters. The van der Waals surface area contributed by atoms with Gasteiger partial charge in [0.15, 0.2) is 9.84 Å². The molecule has 0 aliphatic carbocycles. The summed E-state index contributed by atoms with van der Waals surface area (Å²) in [6.07, 6.45) is 0.304. The molecule has 0 saturated carbocycles. The number of carbonyl (C=O) groups excluding carboxylic acids is 1. The fourth-order valence-corrected chi connectivity index (χ4v) is 2.73. The summed E-state index contributed by atoms with van der Waals surface area (Å²) in [5.74, 6) is -0.189. The Morgan fingerprint density at radius 2 is 1.90 bits per heavy atom. The fraction of sp³-hybridized carbons (Fsp3) is 0.500. The summed E-state index contributed by atoms with van der Waals surface area (Å²) in [7, 11) is -3.34. The summed E-state index contributed by atoms with van der Waals surface area (Å²) in [6, 6.07) is 6.79. The molecule has 0 bridgehead atoms. The quantitative estimate of drug-likeness (QED) is 0.805. The van der Waals surface area contributed by atoms with Crippen molar-refractivity contribution < 1.29 is 13.2 Å². The van der Waals surface area contributed by atoms with Gasteiger partial charge < -0.3 is 10.6 Å². The number of para-hydroxylation sites is 1. The second-order valence-corrected chi connectivity index (χ2v) is 7.05. The number of anilines is 1. The zero-order valence-corrected chi connectivity index (χ0v) is 13.0. The van der Waals surface area contributed by atoms with Crippen LogP contribution in [0.3, 0.4) is 0 Å². The van der Waals surface area contributed by atoms with Crippen molar-refractivity contribution in [3.63, 3.8) is 0 Å². The van der Waals surface area contributed by atoms with Crippen molar-refractivity contribution in [3.8, 4) is 0 Å². The first kappa shape index (κ1) is 16.7. The van der Waals surface area contributed by atoms with E-state index in [9.17, 15) is 13.2 Å². The van der Waals surface area contributed by atoms with Crippen LogP contribution in [-0.4, -0.2) is 32.7 Å². The lowest BCUT2D eigenvalue weighted by molar-refractivity contribution is -0.116. The molecule has 0 aliphatic heterocycles. The van der Waals surface area contributed by atoms with Gasteiger partial charge in [0.2, 0.25) is 5.91 Å². The lowest BCUT2D eigenvalue weighted by atomic mass is 10.3. The van der Waals surface area contributed by atoms with Gasteiger partial charge in [0.1, 0.15) is 0 Å². The topological polar surface area (TPSA) is 75.3 Å². The molecule has 1 aromatic carbocycles. The van der Waals surface area contributed by atoms with Crippen molar-refractivity contribution in [3.05, 3.63) is 24.3 Å². The maximum absolute atomic E-state index is 11.9.